The third-order valence-corrected chi connectivity index (χ3v) is 3.93. The molecular weight excluding hydrogens is 313 g/mol. The first-order valence-corrected chi connectivity index (χ1v) is 6.86. The summed E-state index contributed by atoms with van der Waals surface area (Å²) in [6, 6.07) is 3.89. The average molecular weight is 326 g/mol. The molecule has 0 fully saturated rings. The summed E-state index contributed by atoms with van der Waals surface area (Å²) in [5.74, 6) is 0.200. The van der Waals surface area contributed by atoms with Crippen LogP contribution in [-0.2, 0) is 19.6 Å². The smallest absolute Gasteiger partial charge is 0.320 e. The summed E-state index contributed by atoms with van der Waals surface area (Å²) in [7, 11) is 1.54. The summed E-state index contributed by atoms with van der Waals surface area (Å²) in [5, 5.41) is 15.3. The summed E-state index contributed by atoms with van der Waals surface area (Å²) in [5.41, 5.74) is -0.149. The van der Waals surface area contributed by atoms with Crippen molar-refractivity contribution in [2.75, 3.05) is 11.4 Å². The Hall–Kier alpha value is -2.58. The molecular formula is C14H13F3N4O2. The second-order valence-electron chi connectivity index (χ2n) is 5.34. The number of rotatable bonds is 2. The zero-order valence-electron chi connectivity index (χ0n) is 12.4. The Morgan fingerprint density at radius 1 is 1.35 bits per heavy atom. The lowest BCUT2D eigenvalue weighted by atomic mass is 10.0. The van der Waals surface area contributed by atoms with E-state index in [0.29, 0.717) is 5.69 Å². The van der Waals surface area contributed by atoms with Crippen LogP contribution in [0, 0.1) is 17.0 Å². The predicted octanol–water partition coefficient (Wildman–Crippen LogP) is 3.35. The van der Waals surface area contributed by atoms with Crippen molar-refractivity contribution in [2.24, 2.45) is 7.05 Å². The van der Waals surface area contributed by atoms with E-state index in [0.717, 1.165) is 6.07 Å². The molecule has 6 nitrogen and oxygen atoms in total. The van der Waals surface area contributed by atoms with Crippen LogP contribution in [0.15, 0.2) is 18.2 Å². The first-order valence-electron chi connectivity index (χ1n) is 6.86. The van der Waals surface area contributed by atoms with Crippen molar-refractivity contribution in [1.82, 2.24) is 9.78 Å². The molecule has 0 spiro atoms. The van der Waals surface area contributed by atoms with Gasteiger partial charge in [-0.2, -0.15) is 18.3 Å². The van der Waals surface area contributed by atoms with Crippen molar-refractivity contribution in [3.63, 3.8) is 0 Å². The maximum atomic E-state index is 13.1. The van der Waals surface area contributed by atoms with Crippen molar-refractivity contribution in [3.8, 4) is 0 Å². The van der Waals surface area contributed by atoms with Crippen molar-refractivity contribution in [3.05, 3.63) is 45.1 Å². The SMILES string of the molecule is Cc1nn(C)c(N2CCc3c2cccc3C(F)(F)F)c1[N+](=O)[O-]. The van der Waals surface area contributed by atoms with Crippen LogP contribution in [0.1, 0.15) is 16.8 Å². The molecule has 0 N–H and O–H groups in total. The number of benzene rings is 1. The number of hydrogen-bond acceptors (Lipinski definition) is 4. The molecule has 23 heavy (non-hydrogen) atoms. The van der Waals surface area contributed by atoms with E-state index in [9.17, 15) is 23.3 Å². The lowest BCUT2D eigenvalue weighted by Gasteiger charge is -2.19. The molecule has 0 atom stereocenters. The number of hydrogen-bond donors (Lipinski definition) is 0. The van der Waals surface area contributed by atoms with Crippen molar-refractivity contribution >= 4 is 17.2 Å². The highest BCUT2D eigenvalue weighted by atomic mass is 19.4. The largest absolute Gasteiger partial charge is 0.416 e. The van der Waals surface area contributed by atoms with E-state index in [1.54, 1.807) is 13.1 Å². The molecule has 2 heterocycles. The van der Waals surface area contributed by atoms with Gasteiger partial charge in [-0.1, -0.05) is 6.07 Å². The lowest BCUT2D eigenvalue weighted by molar-refractivity contribution is -0.384. The highest BCUT2D eigenvalue weighted by molar-refractivity contribution is 5.75. The maximum absolute atomic E-state index is 13.1. The average Bonchev–Trinajstić information content (AvgIpc) is 2.97. The molecule has 1 aliphatic heterocycles. The first kappa shape index (κ1) is 15.3. The van der Waals surface area contributed by atoms with Gasteiger partial charge in [-0.05, 0) is 31.0 Å². The summed E-state index contributed by atoms with van der Waals surface area (Å²) < 4.78 is 40.7. The normalized spacial score (nSPS) is 14.2. The number of halogens is 3. The molecule has 1 aromatic carbocycles. The molecule has 0 aliphatic carbocycles. The fourth-order valence-electron chi connectivity index (χ4n) is 3.07. The van der Waals surface area contributed by atoms with Gasteiger partial charge in [0.2, 0.25) is 5.82 Å². The first-order chi connectivity index (χ1) is 10.7. The Balaban J connectivity index is 2.17. The van der Waals surface area contributed by atoms with E-state index in [2.05, 4.69) is 5.10 Å². The minimum absolute atomic E-state index is 0.160. The molecule has 122 valence electrons. The zero-order valence-corrected chi connectivity index (χ0v) is 12.4. The van der Waals surface area contributed by atoms with Gasteiger partial charge in [0, 0.05) is 19.3 Å². The van der Waals surface area contributed by atoms with Gasteiger partial charge in [-0.3, -0.25) is 10.1 Å². The van der Waals surface area contributed by atoms with Gasteiger partial charge in [-0.25, -0.2) is 4.68 Å². The van der Waals surface area contributed by atoms with Crippen molar-refractivity contribution in [2.45, 2.75) is 19.5 Å². The van der Waals surface area contributed by atoms with Crippen LogP contribution in [0.25, 0.3) is 0 Å². The molecule has 0 saturated heterocycles. The number of aryl methyl sites for hydroxylation is 2. The summed E-state index contributed by atoms with van der Waals surface area (Å²) in [6.45, 7) is 1.74. The minimum atomic E-state index is -4.45. The van der Waals surface area contributed by atoms with E-state index in [1.165, 1.54) is 22.6 Å². The Morgan fingerprint density at radius 2 is 2.04 bits per heavy atom. The van der Waals surface area contributed by atoms with Crippen LogP contribution in [0.2, 0.25) is 0 Å². The second-order valence-corrected chi connectivity index (χ2v) is 5.34. The third kappa shape index (κ3) is 2.32. The molecule has 0 saturated carbocycles. The van der Waals surface area contributed by atoms with E-state index in [1.807, 2.05) is 0 Å². The van der Waals surface area contributed by atoms with Crippen molar-refractivity contribution in [1.29, 1.82) is 0 Å². The van der Waals surface area contributed by atoms with Gasteiger partial charge < -0.3 is 4.90 Å². The molecule has 0 bridgehead atoms. The van der Waals surface area contributed by atoms with Gasteiger partial charge in [0.1, 0.15) is 5.69 Å². The molecule has 3 rings (SSSR count). The number of alkyl halides is 3. The number of aromatic nitrogens is 2. The number of nitrogens with zero attached hydrogens (tertiary/aromatic N) is 4. The minimum Gasteiger partial charge on any atom is -0.320 e. The van der Waals surface area contributed by atoms with Gasteiger partial charge in [0.25, 0.3) is 0 Å². The van der Waals surface area contributed by atoms with Crippen LogP contribution in [0.3, 0.4) is 0 Å². The molecule has 1 aromatic heterocycles. The number of nitro groups is 1. The molecule has 2 aromatic rings. The molecule has 0 radical (unpaired) electrons. The Morgan fingerprint density at radius 3 is 2.65 bits per heavy atom. The predicted molar refractivity (Wildman–Crippen MR) is 76.8 cm³/mol. The second kappa shape index (κ2) is 4.97. The Kier molecular flexibility index (Phi) is 3.31. The quantitative estimate of drug-likeness (QED) is 0.627. The van der Waals surface area contributed by atoms with Gasteiger partial charge >= 0.3 is 11.9 Å². The van der Waals surface area contributed by atoms with Gasteiger partial charge in [0.05, 0.1) is 10.5 Å². The van der Waals surface area contributed by atoms with E-state index in [-0.39, 0.29) is 35.7 Å². The Bertz CT molecular complexity index is 798. The van der Waals surface area contributed by atoms with Crippen LogP contribution in [0.4, 0.5) is 30.4 Å². The fourth-order valence-corrected chi connectivity index (χ4v) is 3.07. The summed E-state index contributed by atoms with van der Waals surface area (Å²) >= 11 is 0. The standard InChI is InChI=1S/C14H13F3N4O2/c1-8-12(21(22)23)13(19(2)18-8)20-7-6-9-10(14(15,16)17)4-3-5-11(9)20/h3-5H,6-7H2,1-2H3. The topological polar surface area (TPSA) is 64.2 Å². The maximum Gasteiger partial charge on any atom is 0.416 e. The monoisotopic (exact) mass is 326 g/mol. The van der Waals surface area contributed by atoms with Gasteiger partial charge in [0.15, 0.2) is 0 Å². The van der Waals surface area contributed by atoms with Crippen molar-refractivity contribution < 1.29 is 18.1 Å². The number of fused-ring (bicyclic) bond motifs is 1. The van der Waals surface area contributed by atoms with Crippen LogP contribution in [0.5, 0.6) is 0 Å². The number of anilines is 2. The summed E-state index contributed by atoms with van der Waals surface area (Å²) in [4.78, 5) is 12.3. The molecule has 1 aliphatic rings. The highest BCUT2D eigenvalue weighted by Crippen LogP contribution is 2.44. The van der Waals surface area contributed by atoms with Crippen LogP contribution in [-0.4, -0.2) is 21.2 Å². The van der Waals surface area contributed by atoms with Gasteiger partial charge in [-0.15, -0.1) is 0 Å². The molecule has 0 unspecified atom stereocenters. The molecule has 0 amide bonds. The van der Waals surface area contributed by atoms with E-state index < -0.39 is 16.7 Å². The Labute approximate surface area is 129 Å². The lowest BCUT2D eigenvalue weighted by Crippen LogP contribution is -2.18. The van der Waals surface area contributed by atoms with E-state index in [4.69, 9.17) is 0 Å². The third-order valence-electron chi connectivity index (χ3n) is 3.93. The van der Waals surface area contributed by atoms with Crippen LogP contribution >= 0.6 is 0 Å². The van der Waals surface area contributed by atoms with Crippen LogP contribution < -0.4 is 4.90 Å². The zero-order chi connectivity index (χ0) is 16.9. The fraction of sp³-hybridized carbons (Fsp3) is 0.357. The summed E-state index contributed by atoms with van der Waals surface area (Å²) in [6.07, 6.45) is -4.28. The molecule has 9 heteroatoms. The van der Waals surface area contributed by atoms with E-state index >= 15 is 0 Å². The highest BCUT2D eigenvalue weighted by Gasteiger charge is 2.39.